The molecule has 0 heterocycles. The summed E-state index contributed by atoms with van der Waals surface area (Å²) < 4.78 is 10.3. The number of hydrogen-bond acceptors (Lipinski definition) is 4. The predicted octanol–water partition coefficient (Wildman–Crippen LogP) is 3.00. The van der Waals surface area contributed by atoms with Crippen LogP contribution >= 0.6 is 0 Å². The van der Waals surface area contributed by atoms with Gasteiger partial charge in [0.25, 0.3) is 0 Å². The molecule has 0 aliphatic carbocycles. The molecule has 122 valence electrons. The first-order valence-electron chi connectivity index (χ1n) is 7.34. The monoisotopic (exact) mass is 315 g/mol. The van der Waals surface area contributed by atoms with Crippen LogP contribution in [-0.2, 0) is 11.3 Å². The van der Waals surface area contributed by atoms with Gasteiger partial charge in [-0.05, 0) is 23.3 Å². The van der Waals surface area contributed by atoms with Crippen LogP contribution in [0.25, 0.3) is 0 Å². The average Bonchev–Trinajstić information content (AvgIpc) is 2.60. The number of carbonyl (C=O) groups is 1. The summed E-state index contributed by atoms with van der Waals surface area (Å²) in [6.45, 7) is 0.364. The Balaban J connectivity index is 1.84. The van der Waals surface area contributed by atoms with E-state index in [9.17, 15) is 9.90 Å². The molecular formula is C18H21NO4. The van der Waals surface area contributed by atoms with E-state index in [2.05, 4.69) is 0 Å². The van der Waals surface area contributed by atoms with Gasteiger partial charge >= 0.3 is 6.09 Å². The summed E-state index contributed by atoms with van der Waals surface area (Å²) in [6.07, 6.45) is -1.25. The number of nitrogens with zero attached hydrogens (tertiary/aromatic N) is 1. The van der Waals surface area contributed by atoms with Crippen molar-refractivity contribution in [3.05, 3.63) is 65.7 Å². The topological polar surface area (TPSA) is 59.0 Å². The lowest BCUT2D eigenvalue weighted by atomic mass is 10.1. The summed E-state index contributed by atoms with van der Waals surface area (Å²) in [4.78, 5) is 13.3. The Labute approximate surface area is 136 Å². The maximum absolute atomic E-state index is 12.0. The van der Waals surface area contributed by atoms with Crippen molar-refractivity contribution in [1.29, 1.82) is 0 Å². The SMILES string of the molecule is COc1ccc(C(O)CN(C)C(=O)OCc2ccccc2)cc1. The van der Waals surface area contributed by atoms with E-state index in [1.54, 1.807) is 38.4 Å². The molecule has 5 nitrogen and oxygen atoms in total. The second-order valence-electron chi connectivity index (χ2n) is 5.21. The lowest BCUT2D eigenvalue weighted by molar-refractivity contribution is 0.0787. The minimum atomic E-state index is -0.782. The molecule has 1 unspecified atom stereocenters. The number of likely N-dealkylation sites (N-methyl/N-ethyl adjacent to an activating group) is 1. The Kier molecular flexibility index (Phi) is 6.00. The largest absolute Gasteiger partial charge is 0.497 e. The number of benzene rings is 2. The van der Waals surface area contributed by atoms with E-state index in [1.807, 2.05) is 30.3 Å². The quantitative estimate of drug-likeness (QED) is 0.890. The third-order valence-corrected chi connectivity index (χ3v) is 3.46. The molecule has 23 heavy (non-hydrogen) atoms. The van der Waals surface area contributed by atoms with Gasteiger partial charge in [-0.25, -0.2) is 4.79 Å². The molecule has 0 aliphatic heterocycles. The Hall–Kier alpha value is -2.53. The van der Waals surface area contributed by atoms with Gasteiger partial charge in [-0.1, -0.05) is 42.5 Å². The van der Waals surface area contributed by atoms with Crippen LogP contribution < -0.4 is 4.74 Å². The Bertz CT molecular complexity index is 613. The maximum atomic E-state index is 12.0. The second kappa shape index (κ2) is 8.19. The fourth-order valence-corrected chi connectivity index (χ4v) is 2.09. The minimum absolute atomic E-state index is 0.153. The number of ether oxygens (including phenoxy) is 2. The standard InChI is InChI=1S/C18H21NO4/c1-19(18(21)23-13-14-6-4-3-5-7-14)12-17(20)15-8-10-16(22-2)11-9-15/h3-11,17,20H,12-13H2,1-2H3. The van der Waals surface area contributed by atoms with Gasteiger partial charge in [0.15, 0.2) is 0 Å². The van der Waals surface area contributed by atoms with Crippen molar-refractivity contribution in [2.24, 2.45) is 0 Å². The molecule has 5 heteroatoms. The molecule has 1 N–H and O–H groups in total. The molecule has 0 aromatic heterocycles. The smallest absolute Gasteiger partial charge is 0.409 e. The van der Waals surface area contributed by atoms with E-state index in [0.29, 0.717) is 5.56 Å². The van der Waals surface area contributed by atoms with Crippen molar-refractivity contribution in [2.45, 2.75) is 12.7 Å². The van der Waals surface area contributed by atoms with Crippen molar-refractivity contribution < 1.29 is 19.4 Å². The van der Waals surface area contributed by atoms with Crippen LogP contribution in [0, 0.1) is 0 Å². The molecule has 0 saturated heterocycles. The highest BCUT2D eigenvalue weighted by Crippen LogP contribution is 2.18. The minimum Gasteiger partial charge on any atom is -0.497 e. The van der Waals surface area contributed by atoms with Crippen LogP contribution in [0.2, 0.25) is 0 Å². The van der Waals surface area contributed by atoms with Crippen LogP contribution in [0.5, 0.6) is 5.75 Å². The number of aliphatic hydroxyl groups excluding tert-OH is 1. The van der Waals surface area contributed by atoms with Crippen molar-refractivity contribution in [3.63, 3.8) is 0 Å². The Morgan fingerprint density at radius 2 is 1.78 bits per heavy atom. The van der Waals surface area contributed by atoms with E-state index in [0.717, 1.165) is 11.3 Å². The van der Waals surface area contributed by atoms with Crippen LogP contribution in [0.4, 0.5) is 4.79 Å². The van der Waals surface area contributed by atoms with Gasteiger partial charge in [-0.3, -0.25) is 0 Å². The maximum Gasteiger partial charge on any atom is 0.409 e. The molecule has 0 radical (unpaired) electrons. The molecule has 0 bridgehead atoms. The lowest BCUT2D eigenvalue weighted by Gasteiger charge is -2.21. The summed E-state index contributed by atoms with van der Waals surface area (Å²) in [5.74, 6) is 0.719. The first kappa shape index (κ1) is 16.8. The highest BCUT2D eigenvalue weighted by molar-refractivity contribution is 5.67. The molecule has 0 fully saturated rings. The molecule has 1 amide bonds. The number of carbonyl (C=O) groups excluding carboxylic acids is 1. The van der Waals surface area contributed by atoms with Gasteiger partial charge < -0.3 is 19.5 Å². The van der Waals surface area contributed by atoms with Gasteiger partial charge in [0.05, 0.1) is 19.8 Å². The van der Waals surface area contributed by atoms with Crippen molar-refractivity contribution >= 4 is 6.09 Å². The van der Waals surface area contributed by atoms with E-state index in [4.69, 9.17) is 9.47 Å². The van der Waals surface area contributed by atoms with Gasteiger partial charge in [-0.15, -0.1) is 0 Å². The van der Waals surface area contributed by atoms with Gasteiger partial charge in [0, 0.05) is 7.05 Å². The van der Waals surface area contributed by atoms with E-state index in [1.165, 1.54) is 4.90 Å². The van der Waals surface area contributed by atoms with Gasteiger partial charge in [-0.2, -0.15) is 0 Å². The van der Waals surface area contributed by atoms with Crippen LogP contribution in [-0.4, -0.2) is 36.8 Å². The summed E-state index contributed by atoms with van der Waals surface area (Å²) >= 11 is 0. The number of methoxy groups -OCH3 is 1. The molecule has 0 aliphatic rings. The molecule has 1 atom stereocenters. The van der Waals surface area contributed by atoms with Crippen LogP contribution in [0.3, 0.4) is 0 Å². The summed E-state index contributed by atoms with van der Waals surface area (Å²) in [5.41, 5.74) is 1.64. The number of hydrogen-bond donors (Lipinski definition) is 1. The molecule has 0 saturated carbocycles. The fraction of sp³-hybridized carbons (Fsp3) is 0.278. The molecule has 2 aromatic carbocycles. The average molecular weight is 315 g/mol. The van der Waals surface area contributed by atoms with Crippen molar-refractivity contribution in [1.82, 2.24) is 4.90 Å². The van der Waals surface area contributed by atoms with Gasteiger partial charge in [0.2, 0.25) is 0 Å². The first-order chi connectivity index (χ1) is 11.1. The zero-order valence-electron chi connectivity index (χ0n) is 13.3. The van der Waals surface area contributed by atoms with Gasteiger partial charge in [0.1, 0.15) is 12.4 Å². The highest BCUT2D eigenvalue weighted by Gasteiger charge is 2.16. The molecule has 0 spiro atoms. The van der Waals surface area contributed by atoms with E-state index < -0.39 is 12.2 Å². The Morgan fingerprint density at radius 3 is 2.39 bits per heavy atom. The summed E-state index contributed by atoms with van der Waals surface area (Å²) in [7, 11) is 3.18. The normalized spacial score (nSPS) is 11.6. The summed E-state index contributed by atoms with van der Waals surface area (Å²) in [6, 6.07) is 16.5. The highest BCUT2D eigenvalue weighted by atomic mass is 16.6. The second-order valence-corrected chi connectivity index (χ2v) is 5.21. The number of aliphatic hydroxyl groups is 1. The lowest BCUT2D eigenvalue weighted by Crippen LogP contribution is -2.31. The number of amides is 1. The van der Waals surface area contributed by atoms with Crippen molar-refractivity contribution in [2.75, 3.05) is 20.7 Å². The number of rotatable bonds is 6. The first-order valence-corrected chi connectivity index (χ1v) is 7.34. The summed E-state index contributed by atoms with van der Waals surface area (Å²) in [5, 5.41) is 10.2. The molecule has 2 rings (SSSR count). The van der Waals surface area contributed by atoms with Crippen LogP contribution in [0.1, 0.15) is 17.2 Å². The zero-order valence-corrected chi connectivity index (χ0v) is 13.3. The van der Waals surface area contributed by atoms with Crippen LogP contribution in [0.15, 0.2) is 54.6 Å². The fourth-order valence-electron chi connectivity index (χ4n) is 2.09. The zero-order chi connectivity index (χ0) is 16.7. The molecular weight excluding hydrogens is 294 g/mol. The van der Waals surface area contributed by atoms with Crippen molar-refractivity contribution in [3.8, 4) is 5.75 Å². The van der Waals surface area contributed by atoms with E-state index in [-0.39, 0.29) is 13.2 Å². The molecule has 2 aromatic rings. The van der Waals surface area contributed by atoms with E-state index >= 15 is 0 Å². The third-order valence-electron chi connectivity index (χ3n) is 3.46. The predicted molar refractivity (Wildman–Crippen MR) is 87.2 cm³/mol. The Morgan fingerprint density at radius 1 is 1.13 bits per heavy atom. The third kappa shape index (κ3) is 5.00.